The molecule has 8 heteroatoms. The summed E-state index contributed by atoms with van der Waals surface area (Å²) in [4.78, 5) is 25.0. The number of hydrogen-bond acceptors (Lipinski definition) is 4. The Kier molecular flexibility index (Phi) is 10.1. The topological polar surface area (TPSA) is 87.7 Å². The van der Waals surface area contributed by atoms with E-state index in [-0.39, 0.29) is 11.7 Å². The van der Waals surface area contributed by atoms with Gasteiger partial charge in [-0.3, -0.25) is 4.79 Å². The quantitative estimate of drug-likeness (QED) is 0.293. The molecule has 1 rings (SSSR count). The molecule has 1 atom stereocenters. The zero-order chi connectivity index (χ0) is 20.6. The van der Waals surface area contributed by atoms with Crippen LogP contribution >= 0.6 is 45.2 Å². The highest BCUT2D eigenvalue weighted by Crippen LogP contribution is 2.30. The number of carbonyl (C=O) groups is 2. The molecule has 1 aromatic rings. The van der Waals surface area contributed by atoms with Gasteiger partial charge in [0.05, 0.1) is 7.14 Å². The first kappa shape index (κ1) is 24.3. The van der Waals surface area contributed by atoms with Crippen molar-refractivity contribution in [1.82, 2.24) is 10.6 Å². The number of amides is 2. The number of unbranched alkanes of at least 4 members (excludes halogenated alkanes) is 3. The molecule has 0 aliphatic rings. The summed E-state index contributed by atoms with van der Waals surface area (Å²) < 4.78 is 6.52. The van der Waals surface area contributed by atoms with Gasteiger partial charge in [0.1, 0.15) is 17.4 Å². The van der Waals surface area contributed by atoms with E-state index >= 15 is 0 Å². The van der Waals surface area contributed by atoms with Crippen molar-refractivity contribution in [3.05, 3.63) is 24.8 Å². The van der Waals surface area contributed by atoms with Crippen LogP contribution in [0.1, 0.15) is 65.0 Å². The van der Waals surface area contributed by atoms with Gasteiger partial charge in [0, 0.05) is 6.54 Å². The summed E-state index contributed by atoms with van der Waals surface area (Å²) in [6.45, 7) is 7.98. The molecule has 152 valence electrons. The lowest BCUT2D eigenvalue weighted by Crippen LogP contribution is -2.42. The monoisotopic (exact) mass is 602 g/mol. The summed E-state index contributed by atoms with van der Waals surface area (Å²) in [7, 11) is 0. The maximum Gasteiger partial charge on any atom is 0.408 e. The summed E-state index contributed by atoms with van der Waals surface area (Å²) in [6, 6.07) is 2.49. The molecule has 3 N–H and O–H groups in total. The van der Waals surface area contributed by atoms with E-state index in [2.05, 4.69) is 17.6 Å². The van der Waals surface area contributed by atoms with E-state index in [9.17, 15) is 14.7 Å². The molecule has 0 unspecified atom stereocenters. The molecule has 27 heavy (non-hydrogen) atoms. The van der Waals surface area contributed by atoms with E-state index in [0.29, 0.717) is 19.2 Å². The van der Waals surface area contributed by atoms with Gasteiger partial charge in [-0.1, -0.05) is 26.2 Å². The maximum atomic E-state index is 12.7. The Morgan fingerprint density at radius 1 is 1.15 bits per heavy atom. The Morgan fingerprint density at radius 3 is 2.26 bits per heavy atom. The Hall–Kier alpha value is -0.780. The standard InChI is InChI=1S/C19H28I2N2O4/c1-5-6-7-8-9-22-17(25)15(23-18(26)27-19(2,3)4)12-10-13(20)16(24)14(21)11-12/h10-11,15,24H,5-9H2,1-4H3,(H,22,25)(H,23,26)/t15-/m1/s1. The van der Waals surface area contributed by atoms with Crippen molar-refractivity contribution in [1.29, 1.82) is 0 Å². The number of phenolic OH excluding ortho intramolecular Hbond substituents is 1. The molecule has 0 heterocycles. The van der Waals surface area contributed by atoms with E-state index in [0.717, 1.165) is 25.7 Å². The summed E-state index contributed by atoms with van der Waals surface area (Å²) in [6.07, 6.45) is 3.54. The number of benzene rings is 1. The second-order valence-electron chi connectivity index (χ2n) is 7.26. The van der Waals surface area contributed by atoms with Crippen LogP contribution in [0.15, 0.2) is 12.1 Å². The van der Waals surface area contributed by atoms with Gasteiger partial charge in [0.15, 0.2) is 0 Å². The van der Waals surface area contributed by atoms with Crippen LogP contribution < -0.4 is 10.6 Å². The van der Waals surface area contributed by atoms with Crippen LogP contribution in [0, 0.1) is 7.14 Å². The molecule has 0 saturated heterocycles. The molecule has 6 nitrogen and oxygen atoms in total. The summed E-state index contributed by atoms with van der Waals surface area (Å²) in [5, 5.41) is 15.5. The molecule has 0 saturated carbocycles. The highest BCUT2D eigenvalue weighted by Gasteiger charge is 2.27. The largest absolute Gasteiger partial charge is 0.506 e. The van der Waals surface area contributed by atoms with Crippen molar-refractivity contribution in [2.24, 2.45) is 0 Å². The summed E-state index contributed by atoms with van der Waals surface area (Å²) >= 11 is 4.00. The number of rotatable bonds is 8. The number of phenols is 1. The molecular weight excluding hydrogens is 574 g/mol. The molecule has 0 radical (unpaired) electrons. The van der Waals surface area contributed by atoms with Crippen LogP contribution in [0.4, 0.5) is 4.79 Å². The van der Waals surface area contributed by atoms with Gasteiger partial charge in [-0.05, 0) is 90.1 Å². The minimum atomic E-state index is -0.895. The molecule has 2 amide bonds. The van der Waals surface area contributed by atoms with E-state index in [1.807, 2.05) is 45.2 Å². The van der Waals surface area contributed by atoms with Crippen LogP contribution in [0.5, 0.6) is 5.75 Å². The fraction of sp³-hybridized carbons (Fsp3) is 0.579. The Morgan fingerprint density at radius 2 is 1.74 bits per heavy atom. The molecular formula is C19H28I2N2O4. The molecule has 0 aromatic heterocycles. The van der Waals surface area contributed by atoms with Gasteiger partial charge in [0.25, 0.3) is 0 Å². The van der Waals surface area contributed by atoms with Crippen molar-refractivity contribution in [2.45, 2.75) is 65.0 Å². The average Bonchev–Trinajstić information content (AvgIpc) is 2.55. The van der Waals surface area contributed by atoms with E-state index in [1.54, 1.807) is 32.9 Å². The third-order valence-electron chi connectivity index (χ3n) is 3.63. The second kappa shape index (κ2) is 11.3. The van der Waals surface area contributed by atoms with Crippen LogP contribution in [0.25, 0.3) is 0 Å². The molecule has 0 bridgehead atoms. The van der Waals surface area contributed by atoms with Gasteiger partial charge in [-0.15, -0.1) is 0 Å². The lowest BCUT2D eigenvalue weighted by Gasteiger charge is -2.24. The number of carbonyl (C=O) groups excluding carboxylic acids is 2. The lowest BCUT2D eigenvalue weighted by molar-refractivity contribution is -0.123. The van der Waals surface area contributed by atoms with Crippen molar-refractivity contribution >= 4 is 57.2 Å². The zero-order valence-electron chi connectivity index (χ0n) is 16.2. The first-order valence-electron chi connectivity index (χ1n) is 9.00. The van der Waals surface area contributed by atoms with E-state index < -0.39 is 17.7 Å². The number of alkyl carbamates (subject to hydrolysis) is 1. The smallest absolute Gasteiger partial charge is 0.408 e. The fourth-order valence-corrected chi connectivity index (χ4v) is 4.16. The van der Waals surface area contributed by atoms with Gasteiger partial charge in [-0.2, -0.15) is 0 Å². The average molecular weight is 602 g/mol. The number of halogens is 2. The Bertz CT molecular complexity index is 637. The Balaban J connectivity index is 2.95. The minimum Gasteiger partial charge on any atom is -0.506 e. The predicted octanol–water partition coefficient (Wildman–Crippen LogP) is 4.86. The van der Waals surface area contributed by atoms with Crippen molar-refractivity contribution < 1.29 is 19.4 Å². The first-order chi connectivity index (χ1) is 12.5. The second-order valence-corrected chi connectivity index (χ2v) is 9.59. The van der Waals surface area contributed by atoms with Gasteiger partial charge >= 0.3 is 6.09 Å². The zero-order valence-corrected chi connectivity index (χ0v) is 20.5. The Labute approximate surface area is 188 Å². The summed E-state index contributed by atoms with van der Waals surface area (Å²) in [5.41, 5.74) is -0.0678. The van der Waals surface area contributed by atoms with E-state index in [4.69, 9.17) is 4.74 Å². The first-order valence-corrected chi connectivity index (χ1v) is 11.2. The normalized spacial score (nSPS) is 12.4. The van der Waals surface area contributed by atoms with E-state index in [1.165, 1.54) is 0 Å². The summed E-state index contributed by atoms with van der Waals surface area (Å²) in [5.74, 6) is -0.134. The van der Waals surface area contributed by atoms with Gasteiger partial charge < -0.3 is 20.5 Å². The molecule has 0 aliphatic heterocycles. The number of hydrogen-bond donors (Lipinski definition) is 3. The molecule has 0 aliphatic carbocycles. The van der Waals surface area contributed by atoms with Crippen LogP contribution in [-0.4, -0.2) is 29.3 Å². The van der Waals surface area contributed by atoms with Gasteiger partial charge in [0.2, 0.25) is 5.91 Å². The SMILES string of the molecule is CCCCCCNC(=O)[C@H](NC(=O)OC(C)(C)C)c1cc(I)c(O)c(I)c1. The van der Waals surface area contributed by atoms with Crippen LogP contribution in [0.3, 0.4) is 0 Å². The highest BCUT2D eigenvalue weighted by molar-refractivity contribution is 14.1. The third kappa shape index (κ3) is 8.84. The number of aromatic hydroxyl groups is 1. The van der Waals surface area contributed by atoms with Crippen molar-refractivity contribution in [3.63, 3.8) is 0 Å². The van der Waals surface area contributed by atoms with Gasteiger partial charge in [-0.25, -0.2) is 4.79 Å². The molecule has 0 spiro atoms. The number of nitrogens with one attached hydrogen (secondary N) is 2. The maximum absolute atomic E-state index is 12.7. The fourth-order valence-electron chi connectivity index (χ4n) is 2.34. The van der Waals surface area contributed by atoms with Crippen molar-refractivity contribution in [2.75, 3.05) is 6.54 Å². The highest BCUT2D eigenvalue weighted by atomic mass is 127. The lowest BCUT2D eigenvalue weighted by atomic mass is 10.1. The molecule has 1 aromatic carbocycles. The third-order valence-corrected chi connectivity index (χ3v) is 5.27. The van der Waals surface area contributed by atoms with Crippen LogP contribution in [-0.2, 0) is 9.53 Å². The van der Waals surface area contributed by atoms with Crippen LogP contribution in [0.2, 0.25) is 0 Å². The minimum absolute atomic E-state index is 0.163. The van der Waals surface area contributed by atoms with Crippen molar-refractivity contribution in [3.8, 4) is 5.75 Å². The predicted molar refractivity (Wildman–Crippen MR) is 123 cm³/mol. The molecule has 0 fully saturated rings. The number of ether oxygens (including phenoxy) is 1.